The van der Waals surface area contributed by atoms with E-state index in [-0.39, 0.29) is 31.2 Å². The molecule has 7 heteroatoms. The molecule has 1 saturated heterocycles. The average molecular weight is 305 g/mol. The third kappa shape index (κ3) is 5.84. The summed E-state index contributed by atoms with van der Waals surface area (Å²) < 4.78 is 37.3. The van der Waals surface area contributed by atoms with Crippen LogP contribution in [0.5, 0.6) is 0 Å². The molecule has 0 radical (unpaired) electrons. The van der Waals surface area contributed by atoms with Crippen LogP contribution < -0.4 is 5.32 Å². The molecule has 0 spiro atoms. The highest BCUT2D eigenvalue weighted by Gasteiger charge is 2.36. The Labute approximate surface area is 123 Å². The van der Waals surface area contributed by atoms with Crippen LogP contribution in [0.2, 0.25) is 0 Å². The first-order valence-electron chi connectivity index (χ1n) is 7.06. The highest BCUT2D eigenvalue weighted by molar-refractivity contribution is 5.74. The lowest BCUT2D eigenvalue weighted by atomic mass is 10.1. The van der Waals surface area contributed by atoms with Crippen molar-refractivity contribution in [1.29, 1.82) is 0 Å². The number of carbonyl (C=O) groups is 1. The Morgan fingerprint density at radius 1 is 1.48 bits per heavy atom. The van der Waals surface area contributed by atoms with Crippen molar-refractivity contribution in [3.8, 4) is 12.3 Å². The van der Waals surface area contributed by atoms with Gasteiger partial charge in [-0.3, -0.25) is 4.90 Å². The minimum atomic E-state index is -4.21. The topological polar surface area (TPSA) is 35.6 Å². The summed E-state index contributed by atoms with van der Waals surface area (Å²) in [5.74, 6) is 2.50. The Bertz CT molecular complexity index is 392. The monoisotopic (exact) mass is 305 g/mol. The minimum absolute atomic E-state index is 0.0917. The van der Waals surface area contributed by atoms with E-state index in [1.54, 1.807) is 11.8 Å². The van der Waals surface area contributed by atoms with E-state index in [2.05, 4.69) is 11.2 Å². The lowest BCUT2D eigenvalue weighted by molar-refractivity contribution is -0.153. The summed E-state index contributed by atoms with van der Waals surface area (Å²) in [5.41, 5.74) is 0. The summed E-state index contributed by atoms with van der Waals surface area (Å²) in [5, 5.41) is 2.82. The molecule has 1 fully saturated rings. The number of amides is 2. The molecule has 0 saturated carbocycles. The average Bonchev–Trinajstić information content (AvgIpc) is 2.39. The second-order valence-corrected chi connectivity index (χ2v) is 5.34. The molecule has 21 heavy (non-hydrogen) atoms. The molecule has 0 bridgehead atoms. The van der Waals surface area contributed by atoms with Gasteiger partial charge in [0.05, 0.1) is 6.54 Å². The van der Waals surface area contributed by atoms with E-state index in [0.717, 1.165) is 6.42 Å². The number of nitrogens with one attached hydrogen (secondary N) is 1. The summed E-state index contributed by atoms with van der Waals surface area (Å²) in [7, 11) is 0. The van der Waals surface area contributed by atoms with Crippen molar-refractivity contribution in [3.63, 3.8) is 0 Å². The zero-order valence-corrected chi connectivity index (χ0v) is 12.4. The van der Waals surface area contributed by atoms with E-state index in [0.29, 0.717) is 13.0 Å². The molecular formula is C14H22F3N3O. The fourth-order valence-corrected chi connectivity index (χ4v) is 2.35. The van der Waals surface area contributed by atoms with Crippen molar-refractivity contribution >= 4 is 6.03 Å². The van der Waals surface area contributed by atoms with Crippen LogP contribution in [-0.2, 0) is 0 Å². The van der Waals surface area contributed by atoms with Crippen LogP contribution in [0.1, 0.15) is 26.7 Å². The van der Waals surface area contributed by atoms with Crippen LogP contribution in [0.25, 0.3) is 0 Å². The largest absolute Gasteiger partial charge is 0.401 e. The zero-order chi connectivity index (χ0) is 16.0. The lowest BCUT2D eigenvalue weighted by Crippen LogP contribution is -2.58. The molecule has 1 rings (SSSR count). The zero-order valence-electron chi connectivity index (χ0n) is 12.4. The number of carbonyl (C=O) groups excluding carboxylic acids is 1. The predicted octanol–water partition coefficient (Wildman–Crippen LogP) is 2.07. The second kappa shape index (κ2) is 7.55. The predicted molar refractivity (Wildman–Crippen MR) is 74.7 cm³/mol. The Hall–Kier alpha value is -1.42. The van der Waals surface area contributed by atoms with Crippen molar-refractivity contribution in [3.05, 3.63) is 0 Å². The Balaban J connectivity index is 2.50. The molecule has 1 heterocycles. The molecule has 4 nitrogen and oxygen atoms in total. The van der Waals surface area contributed by atoms with Crippen molar-refractivity contribution in [1.82, 2.24) is 15.1 Å². The second-order valence-electron chi connectivity index (χ2n) is 5.34. The van der Waals surface area contributed by atoms with E-state index in [1.807, 2.05) is 6.92 Å². The summed E-state index contributed by atoms with van der Waals surface area (Å²) in [4.78, 5) is 15.0. The maximum Gasteiger partial charge on any atom is 0.401 e. The van der Waals surface area contributed by atoms with Gasteiger partial charge in [-0.05, 0) is 13.3 Å². The van der Waals surface area contributed by atoms with E-state index >= 15 is 0 Å². The van der Waals surface area contributed by atoms with Crippen molar-refractivity contribution < 1.29 is 18.0 Å². The number of urea groups is 1. The summed E-state index contributed by atoms with van der Waals surface area (Å²) in [6, 6.07) is -0.666. The summed E-state index contributed by atoms with van der Waals surface area (Å²) >= 11 is 0. The van der Waals surface area contributed by atoms with Gasteiger partial charge >= 0.3 is 12.2 Å². The number of halogens is 3. The van der Waals surface area contributed by atoms with Crippen LogP contribution in [0.3, 0.4) is 0 Å². The van der Waals surface area contributed by atoms with Crippen LogP contribution in [0, 0.1) is 12.3 Å². The number of rotatable bonds is 4. The fourth-order valence-electron chi connectivity index (χ4n) is 2.35. The first-order chi connectivity index (χ1) is 9.76. The molecule has 0 aromatic carbocycles. The molecule has 0 aromatic rings. The van der Waals surface area contributed by atoms with E-state index in [9.17, 15) is 18.0 Å². The Morgan fingerprint density at radius 3 is 2.62 bits per heavy atom. The quantitative estimate of drug-likeness (QED) is 0.807. The maximum absolute atomic E-state index is 12.4. The first kappa shape index (κ1) is 17.6. The highest BCUT2D eigenvalue weighted by atomic mass is 19.4. The number of alkyl halides is 3. The molecule has 2 amide bonds. The molecule has 1 aliphatic rings. The van der Waals surface area contributed by atoms with Crippen LogP contribution in [0.15, 0.2) is 0 Å². The highest BCUT2D eigenvalue weighted by Crippen LogP contribution is 2.20. The van der Waals surface area contributed by atoms with Gasteiger partial charge in [0, 0.05) is 38.1 Å². The number of hydrogen-bond acceptors (Lipinski definition) is 2. The molecule has 2 atom stereocenters. The molecule has 0 aromatic heterocycles. The van der Waals surface area contributed by atoms with Gasteiger partial charge < -0.3 is 10.2 Å². The molecule has 120 valence electrons. The summed E-state index contributed by atoms with van der Waals surface area (Å²) in [6.45, 7) is 3.49. The van der Waals surface area contributed by atoms with E-state index in [4.69, 9.17) is 6.42 Å². The molecular weight excluding hydrogens is 283 g/mol. The molecule has 0 aliphatic carbocycles. The third-order valence-electron chi connectivity index (χ3n) is 3.62. The number of terminal acetylenes is 1. The van der Waals surface area contributed by atoms with Gasteiger partial charge in [-0.2, -0.15) is 13.2 Å². The molecule has 1 N–H and O–H groups in total. The first-order valence-corrected chi connectivity index (χ1v) is 7.06. The van der Waals surface area contributed by atoms with Crippen LogP contribution in [-0.4, -0.2) is 60.3 Å². The smallest absolute Gasteiger partial charge is 0.334 e. The number of nitrogens with zero attached hydrogens (tertiary/aromatic N) is 2. The standard InChI is InChI=1S/C14H22F3N3O/c1-4-6-12(5-2)18-13(21)19-7-8-20(11(3)9-19)10-14(15,16)17/h1,11-12H,5-10H2,2-3H3,(H,18,21). The number of piperazine rings is 1. The molecule has 2 unspecified atom stereocenters. The van der Waals surface area contributed by atoms with Gasteiger partial charge in [-0.15, -0.1) is 12.3 Å². The van der Waals surface area contributed by atoms with E-state index < -0.39 is 12.7 Å². The summed E-state index contributed by atoms with van der Waals surface area (Å²) in [6.07, 6.45) is 2.19. The Morgan fingerprint density at radius 2 is 2.14 bits per heavy atom. The van der Waals surface area contributed by atoms with Crippen molar-refractivity contribution in [2.24, 2.45) is 0 Å². The van der Waals surface area contributed by atoms with Gasteiger partial charge in [-0.25, -0.2) is 4.79 Å². The van der Waals surface area contributed by atoms with Crippen LogP contribution in [0.4, 0.5) is 18.0 Å². The SMILES string of the molecule is C#CCC(CC)NC(=O)N1CCN(CC(F)(F)F)C(C)C1. The third-order valence-corrected chi connectivity index (χ3v) is 3.62. The lowest BCUT2D eigenvalue weighted by Gasteiger charge is -2.40. The Kier molecular flexibility index (Phi) is 6.34. The van der Waals surface area contributed by atoms with Gasteiger partial charge in [-0.1, -0.05) is 6.92 Å². The van der Waals surface area contributed by atoms with E-state index in [1.165, 1.54) is 4.90 Å². The van der Waals surface area contributed by atoms with Crippen molar-refractivity contribution in [2.75, 3.05) is 26.2 Å². The van der Waals surface area contributed by atoms with Gasteiger partial charge in [0.2, 0.25) is 0 Å². The molecule has 1 aliphatic heterocycles. The fraction of sp³-hybridized carbons (Fsp3) is 0.786. The van der Waals surface area contributed by atoms with Gasteiger partial charge in [0.1, 0.15) is 0 Å². The van der Waals surface area contributed by atoms with Gasteiger partial charge in [0.25, 0.3) is 0 Å². The van der Waals surface area contributed by atoms with Crippen LogP contribution >= 0.6 is 0 Å². The number of hydrogen-bond donors (Lipinski definition) is 1. The van der Waals surface area contributed by atoms with Crippen molar-refractivity contribution in [2.45, 2.75) is 44.9 Å². The normalized spacial score (nSPS) is 21.7. The maximum atomic E-state index is 12.4. The van der Waals surface area contributed by atoms with Gasteiger partial charge in [0.15, 0.2) is 0 Å². The minimum Gasteiger partial charge on any atom is -0.334 e.